The molecule has 3 N–H and O–H groups in total. The molecule has 28 heavy (non-hydrogen) atoms. The molecule has 0 radical (unpaired) electrons. The van der Waals surface area contributed by atoms with Crippen molar-refractivity contribution in [2.24, 2.45) is 0 Å². The van der Waals surface area contributed by atoms with E-state index in [0.717, 1.165) is 4.90 Å². The number of hydrogen-bond acceptors (Lipinski definition) is 7. The van der Waals surface area contributed by atoms with Gasteiger partial charge in [0.25, 0.3) is 11.8 Å². The Morgan fingerprint density at radius 1 is 0.929 bits per heavy atom. The monoisotopic (exact) mass is 401 g/mol. The number of imide groups is 1. The topological polar surface area (TPSA) is 107 Å². The quantitative estimate of drug-likeness (QED) is 0.442. The Morgan fingerprint density at radius 2 is 1.46 bits per heavy atom. The first-order valence-electron chi connectivity index (χ1n) is 8.79. The van der Waals surface area contributed by atoms with Gasteiger partial charge in [0.2, 0.25) is 0 Å². The van der Waals surface area contributed by atoms with Crippen LogP contribution in [0.3, 0.4) is 0 Å². The van der Waals surface area contributed by atoms with Crippen molar-refractivity contribution < 1.29 is 29.6 Å². The molecule has 8 heteroatoms. The fourth-order valence-electron chi connectivity index (χ4n) is 3.86. The Kier molecular flexibility index (Phi) is 4.76. The fraction of sp³-hybridized carbons (Fsp3) is 0.300. The van der Waals surface area contributed by atoms with E-state index in [9.17, 15) is 24.9 Å². The highest BCUT2D eigenvalue weighted by molar-refractivity contribution is 7.81. The first kappa shape index (κ1) is 19.1. The third kappa shape index (κ3) is 2.68. The van der Waals surface area contributed by atoms with Crippen LogP contribution in [0.15, 0.2) is 54.6 Å². The zero-order valence-corrected chi connectivity index (χ0v) is 15.6. The van der Waals surface area contributed by atoms with E-state index in [-0.39, 0.29) is 11.1 Å². The largest absolute Gasteiger partial charge is 0.394 e. The minimum Gasteiger partial charge on any atom is -0.394 e. The second-order valence-electron chi connectivity index (χ2n) is 6.85. The van der Waals surface area contributed by atoms with Gasteiger partial charge in [0.1, 0.15) is 24.4 Å². The fourth-order valence-corrected chi connectivity index (χ4v) is 4.41. The molecule has 2 heterocycles. The van der Waals surface area contributed by atoms with Gasteiger partial charge in [-0.15, -0.1) is 12.6 Å². The third-order valence-corrected chi connectivity index (χ3v) is 5.89. The molecular weight excluding hydrogens is 382 g/mol. The number of aliphatic hydroxyl groups excluding tert-OH is 3. The van der Waals surface area contributed by atoms with Crippen LogP contribution in [-0.2, 0) is 9.67 Å². The first-order chi connectivity index (χ1) is 13.4. The Bertz CT molecular complexity index is 887. The van der Waals surface area contributed by atoms with Gasteiger partial charge in [0.15, 0.2) is 4.93 Å². The molecule has 0 saturated carbocycles. The highest BCUT2D eigenvalue weighted by Crippen LogP contribution is 2.45. The van der Waals surface area contributed by atoms with Crippen molar-refractivity contribution in [1.82, 2.24) is 4.90 Å². The van der Waals surface area contributed by atoms with Crippen LogP contribution in [0.4, 0.5) is 0 Å². The number of aliphatic hydroxyl groups is 3. The van der Waals surface area contributed by atoms with Crippen molar-refractivity contribution in [3.8, 4) is 0 Å². The molecule has 2 amide bonds. The van der Waals surface area contributed by atoms with Crippen LogP contribution < -0.4 is 0 Å². The van der Waals surface area contributed by atoms with Crippen LogP contribution in [-0.4, -0.2) is 63.0 Å². The van der Waals surface area contributed by atoms with Gasteiger partial charge in [-0.05, 0) is 17.7 Å². The molecule has 1 fully saturated rings. The maximum atomic E-state index is 13.0. The lowest BCUT2D eigenvalue weighted by molar-refractivity contribution is -0.220. The maximum absolute atomic E-state index is 13.0. The number of benzene rings is 2. The molecule has 146 valence electrons. The number of amides is 2. The molecule has 0 aliphatic carbocycles. The van der Waals surface area contributed by atoms with Crippen LogP contribution in [0.5, 0.6) is 0 Å². The second-order valence-corrected chi connectivity index (χ2v) is 7.52. The molecule has 2 aliphatic heterocycles. The second kappa shape index (κ2) is 6.98. The number of nitrogens with zero attached hydrogens (tertiary/aromatic N) is 1. The standard InChI is InChI=1S/C20H19NO6S/c22-10-14-15(23)16(24)17(20(28,27-14)11-6-2-1-3-7-11)21-18(25)12-8-4-5-9-13(12)19(21)26/h1-9,14-17,22-24,28H,10H2/t14-,15-,16+,17-,20+/m1/s1. The van der Waals surface area contributed by atoms with E-state index in [2.05, 4.69) is 12.6 Å². The number of thiol groups is 1. The Labute approximate surface area is 166 Å². The van der Waals surface area contributed by atoms with E-state index in [4.69, 9.17) is 4.74 Å². The van der Waals surface area contributed by atoms with E-state index in [1.165, 1.54) is 12.1 Å². The van der Waals surface area contributed by atoms with Gasteiger partial charge in [-0.1, -0.05) is 42.5 Å². The minimum atomic E-state index is -1.64. The summed E-state index contributed by atoms with van der Waals surface area (Å²) in [5, 5.41) is 30.9. The van der Waals surface area contributed by atoms with E-state index in [0.29, 0.717) is 5.56 Å². The third-order valence-electron chi connectivity index (χ3n) is 5.26. The van der Waals surface area contributed by atoms with Gasteiger partial charge in [-0.25, -0.2) is 0 Å². The summed E-state index contributed by atoms with van der Waals surface area (Å²) in [4.78, 5) is 25.3. The molecular formula is C20H19NO6S. The van der Waals surface area contributed by atoms with Crippen molar-refractivity contribution in [3.05, 3.63) is 71.3 Å². The summed E-state index contributed by atoms with van der Waals surface area (Å²) in [6.45, 7) is -0.567. The first-order valence-corrected chi connectivity index (χ1v) is 9.24. The lowest BCUT2D eigenvalue weighted by Crippen LogP contribution is -2.67. The van der Waals surface area contributed by atoms with Gasteiger partial charge < -0.3 is 20.1 Å². The summed E-state index contributed by atoms with van der Waals surface area (Å²) in [5.74, 6) is -1.20. The number of carbonyl (C=O) groups excluding carboxylic acids is 2. The number of ether oxygens (including phenoxy) is 1. The van der Waals surface area contributed by atoms with Gasteiger partial charge in [-0.3, -0.25) is 14.5 Å². The highest BCUT2D eigenvalue weighted by atomic mass is 32.1. The van der Waals surface area contributed by atoms with Crippen molar-refractivity contribution >= 4 is 24.4 Å². The molecule has 7 nitrogen and oxygen atoms in total. The average molecular weight is 401 g/mol. The maximum Gasteiger partial charge on any atom is 0.262 e. The summed E-state index contributed by atoms with van der Waals surface area (Å²) in [5.41, 5.74) is 0.897. The summed E-state index contributed by atoms with van der Waals surface area (Å²) in [6, 6.07) is 13.6. The number of carbonyl (C=O) groups is 2. The summed E-state index contributed by atoms with van der Waals surface area (Å²) in [7, 11) is 0. The van der Waals surface area contributed by atoms with Gasteiger partial charge >= 0.3 is 0 Å². The average Bonchev–Trinajstić information content (AvgIpc) is 2.97. The SMILES string of the molecule is O=C1c2ccccc2C(=O)N1[C@@H]1[C@@H](O)[C@H](O)[C@@H](CO)O[C@]1(S)c1ccccc1. The molecule has 1 saturated heterocycles. The molecule has 2 aromatic rings. The minimum absolute atomic E-state index is 0.210. The Hall–Kier alpha value is -2.23. The molecule has 0 unspecified atom stereocenters. The molecule has 2 aromatic carbocycles. The molecule has 2 aliphatic rings. The molecule has 0 spiro atoms. The van der Waals surface area contributed by atoms with Crippen LogP contribution in [0.25, 0.3) is 0 Å². The van der Waals surface area contributed by atoms with Crippen LogP contribution in [0.2, 0.25) is 0 Å². The predicted molar refractivity (Wildman–Crippen MR) is 102 cm³/mol. The van der Waals surface area contributed by atoms with E-state index in [1.54, 1.807) is 42.5 Å². The van der Waals surface area contributed by atoms with Crippen molar-refractivity contribution in [1.29, 1.82) is 0 Å². The zero-order chi connectivity index (χ0) is 20.1. The van der Waals surface area contributed by atoms with Gasteiger partial charge in [-0.2, -0.15) is 0 Å². The van der Waals surface area contributed by atoms with Gasteiger partial charge in [0.05, 0.1) is 17.7 Å². The zero-order valence-electron chi connectivity index (χ0n) is 14.7. The summed E-state index contributed by atoms with van der Waals surface area (Å²) in [6.07, 6.45) is -4.23. The number of hydrogen-bond donors (Lipinski definition) is 4. The summed E-state index contributed by atoms with van der Waals surface area (Å²) >= 11 is 4.63. The van der Waals surface area contributed by atoms with E-state index < -0.39 is 47.7 Å². The lowest BCUT2D eigenvalue weighted by Gasteiger charge is -2.50. The molecule has 4 rings (SSSR count). The van der Waals surface area contributed by atoms with E-state index >= 15 is 0 Å². The molecule has 0 bridgehead atoms. The Balaban J connectivity index is 1.85. The molecule has 0 aromatic heterocycles. The van der Waals surface area contributed by atoms with Gasteiger partial charge in [0, 0.05) is 0 Å². The van der Waals surface area contributed by atoms with Crippen molar-refractivity contribution in [2.75, 3.05) is 6.61 Å². The van der Waals surface area contributed by atoms with Crippen molar-refractivity contribution in [3.63, 3.8) is 0 Å². The van der Waals surface area contributed by atoms with Crippen molar-refractivity contribution in [2.45, 2.75) is 29.3 Å². The predicted octanol–water partition coefficient (Wildman–Crippen LogP) is 0.547. The van der Waals surface area contributed by atoms with Crippen LogP contribution >= 0.6 is 12.6 Å². The normalized spacial score (nSPS) is 32.5. The smallest absolute Gasteiger partial charge is 0.262 e. The lowest BCUT2D eigenvalue weighted by atomic mass is 9.87. The van der Waals surface area contributed by atoms with E-state index in [1.807, 2.05) is 0 Å². The number of fused-ring (bicyclic) bond motifs is 1. The van der Waals surface area contributed by atoms with Crippen LogP contribution in [0, 0.1) is 0 Å². The van der Waals surface area contributed by atoms with Crippen LogP contribution in [0.1, 0.15) is 26.3 Å². The number of rotatable bonds is 3. The summed E-state index contributed by atoms with van der Waals surface area (Å²) < 4.78 is 5.87. The highest BCUT2D eigenvalue weighted by Gasteiger charge is 2.59. The molecule has 5 atom stereocenters. The Morgan fingerprint density at radius 3 is 2.00 bits per heavy atom.